The van der Waals surface area contributed by atoms with Gasteiger partial charge in [0.05, 0.1) is 0 Å². The summed E-state index contributed by atoms with van der Waals surface area (Å²) in [5, 5.41) is 9.27. The normalized spacial score (nSPS) is 20.2. The molecule has 2 aliphatic heterocycles. The summed E-state index contributed by atoms with van der Waals surface area (Å²) in [7, 11) is 0. The molecule has 1 aromatic rings. The molecule has 3 N–H and O–H groups in total. The molecule has 1 aromatic carbocycles. The summed E-state index contributed by atoms with van der Waals surface area (Å²) in [5.74, 6) is 0.0419. The lowest BCUT2D eigenvalue weighted by Gasteiger charge is -2.14. The molecule has 0 saturated carbocycles. The number of hydrogen-bond acceptors (Lipinski definition) is 4. The van der Waals surface area contributed by atoms with Crippen molar-refractivity contribution >= 4 is 11.8 Å². The first-order valence-corrected chi connectivity index (χ1v) is 9.80. The Morgan fingerprint density at radius 3 is 2.54 bits per heavy atom. The zero-order valence-electron chi connectivity index (χ0n) is 15.4. The summed E-state index contributed by atoms with van der Waals surface area (Å²) in [6.45, 7) is 5.42. The summed E-state index contributed by atoms with van der Waals surface area (Å²) >= 11 is 0. The van der Waals surface area contributed by atoms with E-state index >= 15 is 0 Å². The molecule has 1 atom stereocenters. The summed E-state index contributed by atoms with van der Waals surface area (Å²) in [5.41, 5.74) is 1.67. The Balaban J connectivity index is 1.36. The number of carbonyl (C=O) groups is 2. The van der Waals surface area contributed by atoms with Gasteiger partial charge in [0.15, 0.2) is 0 Å². The van der Waals surface area contributed by atoms with Crippen molar-refractivity contribution in [1.82, 2.24) is 20.9 Å². The predicted octanol–water partition coefficient (Wildman–Crippen LogP) is 1.27. The minimum Gasteiger partial charge on any atom is -0.352 e. The van der Waals surface area contributed by atoms with Gasteiger partial charge in [-0.15, -0.1) is 0 Å². The average molecular weight is 358 g/mol. The molecule has 2 saturated heterocycles. The zero-order chi connectivity index (χ0) is 18.2. The Morgan fingerprint density at radius 2 is 1.85 bits per heavy atom. The van der Waals surface area contributed by atoms with Gasteiger partial charge in [-0.25, -0.2) is 0 Å². The largest absolute Gasteiger partial charge is 0.352 e. The monoisotopic (exact) mass is 358 g/mol. The highest BCUT2D eigenvalue weighted by Crippen LogP contribution is 2.09. The molecule has 0 aliphatic carbocycles. The lowest BCUT2D eigenvalue weighted by molar-refractivity contribution is -0.121. The lowest BCUT2D eigenvalue weighted by atomic mass is 10.1. The highest BCUT2D eigenvalue weighted by molar-refractivity contribution is 5.94. The lowest BCUT2D eigenvalue weighted by Crippen LogP contribution is -2.33. The number of carbonyl (C=O) groups excluding carboxylic acids is 2. The van der Waals surface area contributed by atoms with Gasteiger partial charge in [0.1, 0.15) is 0 Å². The first-order chi connectivity index (χ1) is 12.7. The van der Waals surface area contributed by atoms with Crippen molar-refractivity contribution in [3.05, 3.63) is 35.4 Å². The topological polar surface area (TPSA) is 73.5 Å². The SMILES string of the molecule is O=C(CC1CCCN1)NCc1ccc(C(=O)NCCN2CCCC2)cc1. The van der Waals surface area contributed by atoms with Crippen molar-refractivity contribution in [2.75, 3.05) is 32.7 Å². The van der Waals surface area contributed by atoms with E-state index < -0.39 is 0 Å². The number of amides is 2. The van der Waals surface area contributed by atoms with Crippen molar-refractivity contribution < 1.29 is 9.59 Å². The maximum absolute atomic E-state index is 12.2. The first kappa shape index (κ1) is 18.9. The Hall–Kier alpha value is -1.92. The van der Waals surface area contributed by atoms with Crippen LogP contribution in [0.25, 0.3) is 0 Å². The van der Waals surface area contributed by atoms with Gasteiger partial charge in [-0.1, -0.05) is 12.1 Å². The van der Waals surface area contributed by atoms with Crippen LogP contribution in [0.3, 0.4) is 0 Å². The quantitative estimate of drug-likeness (QED) is 0.654. The van der Waals surface area contributed by atoms with Crippen LogP contribution in [-0.4, -0.2) is 55.5 Å². The molecule has 0 radical (unpaired) electrons. The number of rotatable bonds is 8. The molecule has 26 heavy (non-hydrogen) atoms. The van der Waals surface area contributed by atoms with Crippen LogP contribution in [-0.2, 0) is 11.3 Å². The van der Waals surface area contributed by atoms with Gasteiger partial charge < -0.3 is 20.9 Å². The van der Waals surface area contributed by atoms with Gasteiger partial charge in [0.2, 0.25) is 5.91 Å². The second-order valence-electron chi connectivity index (χ2n) is 7.28. The summed E-state index contributed by atoms with van der Waals surface area (Å²) < 4.78 is 0. The smallest absolute Gasteiger partial charge is 0.251 e. The molecule has 0 bridgehead atoms. The van der Waals surface area contributed by atoms with Crippen molar-refractivity contribution in [3.8, 4) is 0 Å². The van der Waals surface area contributed by atoms with Crippen LogP contribution in [0.1, 0.15) is 48.0 Å². The molecule has 2 fully saturated rings. The van der Waals surface area contributed by atoms with Crippen LogP contribution in [0, 0.1) is 0 Å². The molecule has 3 rings (SSSR count). The number of hydrogen-bond donors (Lipinski definition) is 3. The highest BCUT2D eigenvalue weighted by atomic mass is 16.2. The van der Waals surface area contributed by atoms with E-state index in [4.69, 9.17) is 0 Å². The third-order valence-electron chi connectivity index (χ3n) is 5.21. The van der Waals surface area contributed by atoms with E-state index in [0.717, 1.165) is 44.6 Å². The Bertz CT molecular complexity index is 590. The molecule has 1 unspecified atom stereocenters. The van der Waals surface area contributed by atoms with E-state index in [1.54, 1.807) is 0 Å². The fourth-order valence-electron chi connectivity index (χ4n) is 3.64. The van der Waals surface area contributed by atoms with Crippen LogP contribution in [0.4, 0.5) is 0 Å². The molecule has 0 aromatic heterocycles. The van der Waals surface area contributed by atoms with Crippen LogP contribution in [0.15, 0.2) is 24.3 Å². The van der Waals surface area contributed by atoms with Crippen LogP contribution in [0.5, 0.6) is 0 Å². The number of nitrogens with one attached hydrogen (secondary N) is 3. The second kappa shape index (κ2) is 9.69. The third kappa shape index (κ3) is 5.81. The zero-order valence-corrected chi connectivity index (χ0v) is 15.4. The summed E-state index contributed by atoms with van der Waals surface area (Å²) in [4.78, 5) is 26.5. The molecular formula is C20H30N4O2. The van der Waals surface area contributed by atoms with Crippen molar-refractivity contribution in [1.29, 1.82) is 0 Å². The maximum Gasteiger partial charge on any atom is 0.251 e. The molecular weight excluding hydrogens is 328 g/mol. The molecule has 0 spiro atoms. The Morgan fingerprint density at radius 1 is 1.08 bits per heavy atom. The van der Waals surface area contributed by atoms with E-state index in [0.29, 0.717) is 31.1 Å². The Labute approximate surface area is 155 Å². The molecule has 2 aliphatic rings. The van der Waals surface area contributed by atoms with Gasteiger partial charge in [0.25, 0.3) is 5.91 Å². The number of benzene rings is 1. The van der Waals surface area contributed by atoms with Gasteiger partial charge in [-0.3, -0.25) is 9.59 Å². The fraction of sp³-hybridized carbons (Fsp3) is 0.600. The van der Waals surface area contributed by atoms with Crippen molar-refractivity contribution in [3.63, 3.8) is 0 Å². The van der Waals surface area contributed by atoms with Crippen LogP contribution >= 0.6 is 0 Å². The minimum atomic E-state index is -0.0351. The third-order valence-corrected chi connectivity index (χ3v) is 5.21. The number of nitrogens with zero attached hydrogens (tertiary/aromatic N) is 1. The van der Waals surface area contributed by atoms with E-state index in [1.807, 2.05) is 24.3 Å². The van der Waals surface area contributed by atoms with Crippen molar-refractivity contribution in [2.45, 2.75) is 44.7 Å². The predicted molar refractivity (Wildman–Crippen MR) is 102 cm³/mol. The van der Waals surface area contributed by atoms with Crippen LogP contribution in [0.2, 0.25) is 0 Å². The first-order valence-electron chi connectivity index (χ1n) is 9.80. The average Bonchev–Trinajstić information content (AvgIpc) is 3.34. The maximum atomic E-state index is 12.2. The standard InChI is InChI=1S/C20H30N4O2/c25-19(14-18-4-3-9-21-18)23-15-16-5-7-17(8-6-16)20(26)22-10-13-24-11-1-2-12-24/h5-8,18,21H,1-4,9-15H2,(H,22,26)(H,23,25). The van der Waals surface area contributed by atoms with E-state index in [9.17, 15) is 9.59 Å². The van der Waals surface area contributed by atoms with Gasteiger partial charge in [0, 0.05) is 37.7 Å². The van der Waals surface area contributed by atoms with Gasteiger partial charge in [-0.05, 0) is 63.0 Å². The number of likely N-dealkylation sites (tertiary alicyclic amines) is 1. The molecule has 6 nitrogen and oxygen atoms in total. The van der Waals surface area contributed by atoms with E-state index in [2.05, 4.69) is 20.9 Å². The van der Waals surface area contributed by atoms with Gasteiger partial charge in [-0.2, -0.15) is 0 Å². The molecule has 6 heteroatoms. The molecule has 2 heterocycles. The fourth-order valence-corrected chi connectivity index (χ4v) is 3.64. The summed E-state index contributed by atoms with van der Waals surface area (Å²) in [6, 6.07) is 7.78. The Kier molecular flexibility index (Phi) is 7.03. The molecule has 142 valence electrons. The van der Waals surface area contributed by atoms with Crippen molar-refractivity contribution in [2.24, 2.45) is 0 Å². The van der Waals surface area contributed by atoms with Gasteiger partial charge >= 0.3 is 0 Å². The van der Waals surface area contributed by atoms with E-state index in [-0.39, 0.29) is 11.8 Å². The minimum absolute atomic E-state index is 0.0351. The highest BCUT2D eigenvalue weighted by Gasteiger charge is 2.17. The second-order valence-corrected chi connectivity index (χ2v) is 7.28. The van der Waals surface area contributed by atoms with E-state index in [1.165, 1.54) is 12.8 Å². The molecule has 2 amide bonds. The van der Waals surface area contributed by atoms with Crippen LogP contribution < -0.4 is 16.0 Å². The summed E-state index contributed by atoms with van der Waals surface area (Å²) in [6.07, 6.45) is 5.30.